The Balaban J connectivity index is 1.60. The van der Waals surface area contributed by atoms with Gasteiger partial charge in [0.25, 0.3) is 0 Å². The molecule has 232 valence electrons. The maximum absolute atomic E-state index is 13.7. The van der Waals surface area contributed by atoms with E-state index < -0.39 is 37.3 Å². The van der Waals surface area contributed by atoms with Crippen molar-refractivity contribution in [2.24, 2.45) is 5.41 Å². The number of aromatic nitrogens is 1. The van der Waals surface area contributed by atoms with Crippen molar-refractivity contribution in [3.63, 3.8) is 0 Å². The van der Waals surface area contributed by atoms with Crippen LogP contribution in [0.3, 0.4) is 0 Å². The van der Waals surface area contributed by atoms with Crippen LogP contribution in [0.2, 0.25) is 18.1 Å². The average molecular weight is 613 g/mol. The summed E-state index contributed by atoms with van der Waals surface area (Å²) in [5.74, 6) is 0.0712. The van der Waals surface area contributed by atoms with Gasteiger partial charge in [0.2, 0.25) is 0 Å². The molecule has 1 aromatic heterocycles. The average Bonchev–Trinajstić information content (AvgIpc) is 3.58. The number of nitrogens with zero attached hydrogens (tertiary/aromatic N) is 2. The lowest BCUT2D eigenvalue weighted by atomic mass is 9.73. The first kappa shape index (κ1) is 30.8. The SMILES string of the molecule is CC(C)c1nc2c(c3c1[C@@H](c1ccc(C(F)(F)F)c(C#N)c1)OC31CCOCC1)C(O[Si](C)(C)C(C)(C)C)CC1(CC1)C2. The number of alkyl halides is 3. The highest BCUT2D eigenvalue weighted by molar-refractivity contribution is 6.74. The second kappa shape index (κ2) is 10.1. The van der Waals surface area contributed by atoms with E-state index in [1.54, 1.807) is 6.07 Å². The third-order valence-corrected chi connectivity index (χ3v) is 15.2. The van der Waals surface area contributed by atoms with Gasteiger partial charge in [-0.15, -0.1) is 0 Å². The van der Waals surface area contributed by atoms with Gasteiger partial charge in [-0.2, -0.15) is 18.4 Å². The minimum atomic E-state index is -4.61. The third-order valence-electron chi connectivity index (χ3n) is 10.7. The van der Waals surface area contributed by atoms with E-state index in [2.05, 4.69) is 47.7 Å². The van der Waals surface area contributed by atoms with Gasteiger partial charge in [0.1, 0.15) is 6.10 Å². The molecule has 0 N–H and O–H groups in total. The van der Waals surface area contributed by atoms with Gasteiger partial charge in [-0.25, -0.2) is 0 Å². The molecule has 2 aliphatic carbocycles. The summed E-state index contributed by atoms with van der Waals surface area (Å²) in [5.41, 5.74) is 4.08. The first-order valence-corrected chi connectivity index (χ1v) is 18.5. The van der Waals surface area contributed by atoms with Gasteiger partial charge in [-0.1, -0.05) is 40.7 Å². The summed E-state index contributed by atoms with van der Waals surface area (Å²) in [4.78, 5) is 5.39. The van der Waals surface area contributed by atoms with E-state index in [0.717, 1.165) is 47.0 Å². The Morgan fingerprint density at radius 1 is 1.07 bits per heavy atom. The Kier molecular flexibility index (Phi) is 7.25. The van der Waals surface area contributed by atoms with Crippen molar-refractivity contribution in [1.82, 2.24) is 4.98 Å². The van der Waals surface area contributed by atoms with Crippen LogP contribution >= 0.6 is 0 Å². The predicted molar refractivity (Wildman–Crippen MR) is 160 cm³/mol. The zero-order valence-electron chi connectivity index (χ0n) is 26.4. The van der Waals surface area contributed by atoms with Crippen molar-refractivity contribution in [3.8, 4) is 6.07 Å². The number of fused-ring (bicyclic) bond motifs is 4. The number of pyridine rings is 1. The van der Waals surface area contributed by atoms with Crippen molar-refractivity contribution in [1.29, 1.82) is 5.26 Å². The van der Waals surface area contributed by atoms with Crippen molar-refractivity contribution in [2.75, 3.05) is 13.2 Å². The van der Waals surface area contributed by atoms with E-state index in [1.165, 1.54) is 25.0 Å². The molecule has 2 atom stereocenters. The van der Waals surface area contributed by atoms with Crippen LogP contribution < -0.4 is 0 Å². The Labute approximate surface area is 254 Å². The smallest absolute Gasteiger partial charge is 0.410 e. The zero-order valence-corrected chi connectivity index (χ0v) is 27.4. The van der Waals surface area contributed by atoms with Gasteiger partial charge in [0.05, 0.1) is 28.9 Å². The largest absolute Gasteiger partial charge is 0.417 e. The molecule has 0 radical (unpaired) electrons. The molecule has 5 nitrogen and oxygen atoms in total. The van der Waals surface area contributed by atoms with E-state index >= 15 is 0 Å². The topological polar surface area (TPSA) is 64.4 Å². The Morgan fingerprint density at radius 3 is 2.30 bits per heavy atom. The molecule has 0 bridgehead atoms. The molecule has 9 heteroatoms. The fourth-order valence-corrected chi connectivity index (χ4v) is 8.45. The molecule has 0 amide bonds. The number of benzene rings is 1. The Bertz CT molecular complexity index is 1480. The van der Waals surface area contributed by atoms with Crippen LogP contribution in [0.25, 0.3) is 0 Å². The Hall–Kier alpha value is -2.25. The second-order valence-corrected chi connectivity index (χ2v) is 19.8. The number of hydrogen-bond acceptors (Lipinski definition) is 5. The monoisotopic (exact) mass is 612 g/mol. The van der Waals surface area contributed by atoms with Crippen molar-refractivity contribution < 1.29 is 27.1 Å². The quantitative estimate of drug-likeness (QED) is 0.323. The lowest BCUT2D eigenvalue weighted by molar-refractivity contribution is -0.138. The van der Waals surface area contributed by atoms with Crippen molar-refractivity contribution >= 4 is 8.32 Å². The van der Waals surface area contributed by atoms with Gasteiger partial charge >= 0.3 is 6.18 Å². The van der Waals surface area contributed by atoms with E-state index in [9.17, 15) is 18.4 Å². The molecule has 2 aromatic rings. The molecule has 2 fully saturated rings. The second-order valence-electron chi connectivity index (χ2n) is 15.1. The summed E-state index contributed by atoms with van der Waals surface area (Å²) in [6, 6.07) is 5.64. The lowest BCUT2D eigenvalue weighted by Crippen LogP contribution is -2.44. The summed E-state index contributed by atoms with van der Waals surface area (Å²) < 4.78 is 61.4. The van der Waals surface area contributed by atoms with E-state index in [4.69, 9.17) is 18.9 Å². The number of rotatable bonds is 4. The fourth-order valence-electron chi connectivity index (χ4n) is 7.19. The van der Waals surface area contributed by atoms with Gasteiger partial charge in [-0.3, -0.25) is 4.98 Å². The molecule has 1 saturated carbocycles. The summed E-state index contributed by atoms with van der Waals surface area (Å²) in [6.45, 7) is 16.7. The third kappa shape index (κ3) is 5.16. The highest BCUT2D eigenvalue weighted by Crippen LogP contribution is 2.63. The van der Waals surface area contributed by atoms with Crippen LogP contribution in [0.1, 0.15) is 130 Å². The van der Waals surface area contributed by atoms with Crippen molar-refractivity contribution in [2.45, 2.75) is 121 Å². The first-order valence-electron chi connectivity index (χ1n) is 15.6. The molecule has 2 aliphatic heterocycles. The van der Waals surface area contributed by atoms with Crippen LogP contribution in [0.5, 0.6) is 0 Å². The number of hydrogen-bond donors (Lipinski definition) is 0. The molecule has 3 heterocycles. The van der Waals surface area contributed by atoms with Crippen LogP contribution in [0.15, 0.2) is 18.2 Å². The lowest BCUT2D eigenvalue weighted by Gasteiger charge is -2.44. The zero-order chi connectivity index (χ0) is 31.2. The minimum Gasteiger partial charge on any atom is -0.410 e. The van der Waals surface area contributed by atoms with Crippen LogP contribution in [-0.4, -0.2) is 26.5 Å². The number of ether oxygens (including phenoxy) is 2. The molecule has 1 saturated heterocycles. The first-order chi connectivity index (χ1) is 20.0. The minimum absolute atomic E-state index is 0.0269. The maximum Gasteiger partial charge on any atom is 0.417 e. The Morgan fingerprint density at radius 2 is 1.74 bits per heavy atom. The van der Waals surface area contributed by atoms with Gasteiger partial charge < -0.3 is 13.9 Å². The van der Waals surface area contributed by atoms with E-state index in [-0.39, 0.29) is 22.5 Å². The molecule has 1 aromatic carbocycles. The van der Waals surface area contributed by atoms with Crippen molar-refractivity contribution in [3.05, 3.63) is 63.0 Å². The van der Waals surface area contributed by atoms with Crippen LogP contribution in [-0.2, 0) is 32.1 Å². The number of halogens is 3. The number of nitriles is 1. The highest BCUT2D eigenvalue weighted by Gasteiger charge is 2.57. The maximum atomic E-state index is 13.7. The normalized spacial score (nSPS) is 24.2. The summed E-state index contributed by atoms with van der Waals surface area (Å²) >= 11 is 0. The fraction of sp³-hybridized carbons (Fsp3) is 0.647. The highest BCUT2D eigenvalue weighted by atomic mass is 28.4. The molecule has 2 spiro atoms. The van der Waals surface area contributed by atoms with E-state index in [1.807, 2.05) is 0 Å². The van der Waals surface area contributed by atoms with Crippen LogP contribution in [0, 0.1) is 16.7 Å². The van der Waals surface area contributed by atoms with E-state index in [0.29, 0.717) is 31.6 Å². The van der Waals surface area contributed by atoms with Gasteiger partial charge in [0.15, 0.2) is 8.32 Å². The molecule has 6 rings (SSSR count). The molecular weight excluding hydrogens is 569 g/mol. The van der Waals surface area contributed by atoms with Gasteiger partial charge in [-0.05, 0) is 78.4 Å². The summed E-state index contributed by atoms with van der Waals surface area (Å²) in [5, 5.41) is 9.75. The summed E-state index contributed by atoms with van der Waals surface area (Å²) in [7, 11) is -2.18. The van der Waals surface area contributed by atoms with Crippen LogP contribution in [0.4, 0.5) is 13.2 Å². The molecular formula is C34H43F3N2O3Si. The predicted octanol–water partition coefficient (Wildman–Crippen LogP) is 9.01. The van der Waals surface area contributed by atoms with Gasteiger partial charge in [0, 0.05) is 48.6 Å². The molecule has 1 unspecified atom stereocenters. The standard InChI is InChI=1S/C34H43F3N2O3Si/c1-20(2)29-27-28(26-24(39-29)17-32(10-11-32)18-25(26)42-43(6,7)31(3,4)5)33(12-14-40-15-13-33)41-30(27)21-8-9-23(34(35,36)37)22(16-21)19-38/h8-9,16,20,25,30H,10-15,17-18H2,1-7H3/t25?,30-/m1/s1. The molecule has 4 aliphatic rings. The summed E-state index contributed by atoms with van der Waals surface area (Å²) in [6.07, 6.45) is 0.169. The molecule has 43 heavy (non-hydrogen) atoms.